The Labute approximate surface area is 111 Å². The molecule has 0 aromatic heterocycles. The molecule has 0 radical (unpaired) electrons. The maximum atomic E-state index is 12.1. The Morgan fingerprint density at radius 2 is 1.74 bits per heavy atom. The van der Waals surface area contributed by atoms with Crippen molar-refractivity contribution in [1.82, 2.24) is 4.90 Å². The highest BCUT2D eigenvalue weighted by Gasteiger charge is 2.33. The number of piperazine rings is 1. The SMILES string of the molecule is CCc1ccccc1N1C(=O)CN(C(C)=O)CC1=O. The predicted octanol–water partition coefficient (Wildman–Crippen LogP) is 0.971. The Kier molecular flexibility index (Phi) is 3.64. The summed E-state index contributed by atoms with van der Waals surface area (Å²) in [6.07, 6.45) is 0.740. The third-order valence-corrected chi connectivity index (χ3v) is 3.21. The summed E-state index contributed by atoms with van der Waals surface area (Å²) in [6, 6.07) is 7.33. The highest BCUT2D eigenvalue weighted by atomic mass is 16.2. The van der Waals surface area contributed by atoms with E-state index in [4.69, 9.17) is 0 Å². The summed E-state index contributed by atoms with van der Waals surface area (Å²) >= 11 is 0. The Morgan fingerprint density at radius 3 is 2.26 bits per heavy atom. The molecule has 5 nitrogen and oxygen atoms in total. The van der Waals surface area contributed by atoms with Gasteiger partial charge in [-0.15, -0.1) is 0 Å². The Bertz CT molecular complexity index is 521. The van der Waals surface area contributed by atoms with E-state index in [2.05, 4.69) is 0 Å². The van der Waals surface area contributed by atoms with Gasteiger partial charge >= 0.3 is 0 Å². The molecule has 0 atom stereocenters. The highest BCUT2D eigenvalue weighted by Crippen LogP contribution is 2.23. The Balaban J connectivity index is 2.33. The van der Waals surface area contributed by atoms with Gasteiger partial charge in [-0.1, -0.05) is 25.1 Å². The van der Waals surface area contributed by atoms with Crippen LogP contribution in [0, 0.1) is 0 Å². The Morgan fingerprint density at radius 1 is 1.16 bits per heavy atom. The lowest BCUT2D eigenvalue weighted by atomic mass is 10.1. The normalized spacial score (nSPS) is 15.9. The van der Waals surface area contributed by atoms with E-state index < -0.39 is 0 Å². The minimum absolute atomic E-state index is 0.0425. The summed E-state index contributed by atoms with van der Waals surface area (Å²) in [5.41, 5.74) is 1.57. The van der Waals surface area contributed by atoms with Gasteiger partial charge in [0.2, 0.25) is 5.91 Å². The minimum Gasteiger partial charge on any atom is -0.324 e. The summed E-state index contributed by atoms with van der Waals surface area (Å²) < 4.78 is 0. The van der Waals surface area contributed by atoms with Crippen LogP contribution in [0.4, 0.5) is 5.69 Å². The molecule has 19 heavy (non-hydrogen) atoms. The number of rotatable bonds is 2. The molecule has 1 saturated heterocycles. The molecule has 1 aliphatic heterocycles. The third-order valence-electron chi connectivity index (χ3n) is 3.21. The van der Waals surface area contributed by atoms with Gasteiger partial charge in [-0.25, -0.2) is 4.90 Å². The number of nitrogens with zero attached hydrogens (tertiary/aromatic N) is 2. The third kappa shape index (κ3) is 2.50. The van der Waals surface area contributed by atoms with Gasteiger partial charge in [0.15, 0.2) is 0 Å². The summed E-state index contributed by atoms with van der Waals surface area (Å²) in [7, 11) is 0. The first kappa shape index (κ1) is 13.3. The summed E-state index contributed by atoms with van der Waals surface area (Å²) in [6.45, 7) is 3.24. The van der Waals surface area contributed by atoms with E-state index in [9.17, 15) is 14.4 Å². The fraction of sp³-hybridized carbons (Fsp3) is 0.357. The van der Waals surface area contributed by atoms with Crippen molar-refractivity contribution in [3.05, 3.63) is 29.8 Å². The molecule has 3 amide bonds. The summed E-state index contributed by atoms with van der Waals surface area (Å²) in [5.74, 6) is -0.968. The second-order valence-corrected chi connectivity index (χ2v) is 4.48. The van der Waals surface area contributed by atoms with Crippen molar-refractivity contribution in [2.24, 2.45) is 0 Å². The maximum absolute atomic E-state index is 12.1. The number of carbonyl (C=O) groups excluding carboxylic acids is 3. The molecule has 0 bridgehead atoms. The molecule has 1 aliphatic rings. The van der Waals surface area contributed by atoms with Crippen molar-refractivity contribution in [2.45, 2.75) is 20.3 Å². The zero-order valence-electron chi connectivity index (χ0n) is 11.0. The highest BCUT2D eigenvalue weighted by molar-refractivity contribution is 6.19. The molecule has 100 valence electrons. The molecule has 5 heteroatoms. The number of hydrogen-bond acceptors (Lipinski definition) is 3. The maximum Gasteiger partial charge on any atom is 0.253 e. The van der Waals surface area contributed by atoms with Gasteiger partial charge in [0, 0.05) is 6.92 Å². The molecule has 0 aliphatic carbocycles. The molecule has 0 unspecified atom stereocenters. The molecule has 1 heterocycles. The van der Waals surface area contributed by atoms with E-state index in [1.165, 1.54) is 16.7 Å². The van der Waals surface area contributed by atoms with Crippen LogP contribution in [-0.4, -0.2) is 35.7 Å². The number of anilines is 1. The number of amides is 3. The summed E-state index contributed by atoms with van der Waals surface area (Å²) in [5, 5.41) is 0. The first-order chi connectivity index (χ1) is 9.04. The van der Waals surface area contributed by atoms with E-state index in [0.29, 0.717) is 5.69 Å². The monoisotopic (exact) mass is 260 g/mol. The molecule has 1 aromatic carbocycles. The van der Waals surface area contributed by atoms with Gasteiger partial charge in [-0.3, -0.25) is 14.4 Å². The van der Waals surface area contributed by atoms with Crippen molar-refractivity contribution in [3.63, 3.8) is 0 Å². The van der Waals surface area contributed by atoms with Crippen LogP contribution in [-0.2, 0) is 20.8 Å². The van der Waals surface area contributed by atoms with Crippen molar-refractivity contribution >= 4 is 23.4 Å². The van der Waals surface area contributed by atoms with Gasteiger partial charge in [-0.05, 0) is 18.1 Å². The lowest BCUT2D eigenvalue weighted by Crippen LogP contribution is -2.55. The molecular weight excluding hydrogens is 244 g/mol. The van der Waals surface area contributed by atoms with Crippen LogP contribution in [0.15, 0.2) is 24.3 Å². The lowest BCUT2D eigenvalue weighted by molar-refractivity contribution is -0.141. The van der Waals surface area contributed by atoms with E-state index in [1.54, 1.807) is 12.1 Å². The van der Waals surface area contributed by atoms with E-state index >= 15 is 0 Å². The first-order valence-corrected chi connectivity index (χ1v) is 6.23. The molecule has 1 fully saturated rings. The van der Waals surface area contributed by atoms with Gasteiger partial charge in [0.05, 0.1) is 5.69 Å². The average Bonchev–Trinajstić information content (AvgIpc) is 2.38. The molecule has 0 N–H and O–H groups in total. The lowest BCUT2D eigenvalue weighted by Gasteiger charge is -2.32. The predicted molar refractivity (Wildman–Crippen MR) is 70.6 cm³/mol. The van der Waals surface area contributed by atoms with Crippen LogP contribution in [0.3, 0.4) is 0 Å². The number of imide groups is 1. The average molecular weight is 260 g/mol. The molecule has 2 rings (SSSR count). The number of para-hydroxylation sites is 1. The van der Waals surface area contributed by atoms with Crippen molar-refractivity contribution in [3.8, 4) is 0 Å². The largest absolute Gasteiger partial charge is 0.324 e. The fourth-order valence-corrected chi connectivity index (χ4v) is 2.18. The van der Waals surface area contributed by atoms with Crippen LogP contribution < -0.4 is 4.90 Å². The zero-order chi connectivity index (χ0) is 14.0. The van der Waals surface area contributed by atoms with Gasteiger partial charge in [0.1, 0.15) is 13.1 Å². The minimum atomic E-state index is -0.354. The van der Waals surface area contributed by atoms with Gasteiger partial charge in [-0.2, -0.15) is 0 Å². The molecular formula is C14H16N2O3. The van der Waals surface area contributed by atoms with Crippen molar-refractivity contribution in [2.75, 3.05) is 18.0 Å². The van der Waals surface area contributed by atoms with Gasteiger partial charge < -0.3 is 4.90 Å². The van der Waals surface area contributed by atoms with Crippen molar-refractivity contribution in [1.29, 1.82) is 0 Å². The first-order valence-electron chi connectivity index (χ1n) is 6.23. The van der Waals surface area contributed by atoms with Crippen LogP contribution in [0.25, 0.3) is 0 Å². The topological polar surface area (TPSA) is 57.7 Å². The Hall–Kier alpha value is -2.17. The number of benzene rings is 1. The van der Waals surface area contributed by atoms with Crippen molar-refractivity contribution < 1.29 is 14.4 Å². The van der Waals surface area contributed by atoms with Crippen LogP contribution in [0.5, 0.6) is 0 Å². The van der Waals surface area contributed by atoms with E-state index in [0.717, 1.165) is 12.0 Å². The number of hydrogen-bond donors (Lipinski definition) is 0. The van der Waals surface area contributed by atoms with E-state index in [-0.39, 0.29) is 30.8 Å². The zero-order valence-corrected chi connectivity index (χ0v) is 11.0. The molecule has 0 spiro atoms. The van der Waals surface area contributed by atoms with Gasteiger partial charge in [0.25, 0.3) is 11.8 Å². The standard InChI is InChI=1S/C14H16N2O3/c1-3-11-6-4-5-7-12(11)16-13(18)8-15(10(2)17)9-14(16)19/h4-7H,3,8-9H2,1-2H3. The molecule has 0 saturated carbocycles. The van der Waals surface area contributed by atoms with Crippen LogP contribution in [0.1, 0.15) is 19.4 Å². The smallest absolute Gasteiger partial charge is 0.253 e. The fourth-order valence-electron chi connectivity index (χ4n) is 2.18. The van der Waals surface area contributed by atoms with E-state index in [1.807, 2.05) is 19.1 Å². The second kappa shape index (κ2) is 5.22. The van der Waals surface area contributed by atoms with Crippen LogP contribution in [0.2, 0.25) is 0 Å². The number of aryl methyl sites for hydroxylation is 1. The number of carbonyl (C=O) groups is 3. The molecule has 1 aromatic rings. The van der Waals surface area contributed by atoms with Crippen LogP contribution >= 0.6 is 0 Å². The summed E-state index contributed by atoms with van der Waals surface area (Å²) in [4.78, 5) is 37.9. The second-order valence-electron chi connectivity index (χ2n) is 4.48. The quantitative estimate of drug-likeness (QED) is 0.744.